The van der Waals surface area contributed by atoms with Crippen LogP contribution >= 0.6 is 34.8 Å². The van der Waals surface area contributed by atoms with Crippen molar-refractivity contribution in [3.8, 4) is 23.0 Å². The first kappa shape index (κ1) is 21.4. The second-order valence-corrected chi connectivity index (χ2v) is 7.93. The minimum Gasteiger partial charge on any atom is -0.478 e. The van der Waals surface area contributed by atoms with Crippen molar-refractivity contribution >= 4 is 46.8 Å². The molecular weight excluding hydrogens is 463 g/mol. The molecule has 0 bridgehead atoms. The molecule has 0 saturated heterocycles. The third-order valence-corrected chi connectivity index (χ3v) is 5.46. The fourth-order valence-corrected chi connectivity index (χ4v) is 3.83. The van der Waals surface area contributed by atoms with E-state index in [0.717, 1.165) is 17.2 Å². The van der Waals surface area contributed by atoms with Gasteiger partial charge in [0.1, 0.15) is 11.5 Å². The van der Waals surface area contributed by atoms with Gasteiger partial charge in [-0.05, 0) is 47.5 Å². The zero-order valence-corrected chi connectivity index (χ0v) is 18.2. The summed E-state index contributed by atoms with van der Waals surface area (Å²) in [6.45, 7) is 0.156. The van der Waals surface area contributed by atoms with Crippen molar-refractivity contribution in [2.75, 3.05) is 6.79 Å². The van der Waals surface area contributed by atoms with Crippen molar-refractivity contribution in [1.82, 2.24) is 0 Å². The van der Waals surface area contributed by atoms with E-state index < -0.39 is 5.97 Å². The van der Waals surface area contributed by atoms with Crippen LogP contribution in [0.5, 0.6) is 23.0 Å². The topological polar surface area (TPSA) is 65.0 Å². The van der Waals surface area contributed by atoms with Crippen molar-refractivity contribution in [3.05, 3.63) is 86.4 Å². The Morgan fingerprint density at radius 2 is 1.71 bits per heavy atom. The van der Waals surface area contributed by atoms with Crippen LogP contribution in [0.15, 0.2) is 54.6 Å². The van der Waals surface area contributed by atoms with Crippen LogP contribution in [0, 0.1) is 0 Å². The van der Waals surface area contributed by atoms with E-state index in [1.807, 2.05) is 6.07 Å². The molecule has 1 heterocycles. The predicted octanol–water partition coefficient (Wildman–Crippen LogP) is 6.86. The first-order chi connectivity index (χ1) is 14.9. The molecule has 0 unspecified atom stereocenters. The summed E-state index contributed by atoms with van der Waals surface area (Å²) < 4.78 is 16.8. The molecule has 0 saturated carbocycles. The fourth-order valence-electron chi connectivity index (χ4n) is 3.07. The smallest absolute Gasteiger partial charge is 0.328 e. The van der Waals surface area contributed by atoms with Gasteiger partial charge in [-0.15, -0.1) is 0 Å². The summed E-state index contributed by atoms with van der Waals surface area (Å²) in [6, 6.07) is 13.8. The molecule has 0 fully saturated rings. The van der Waals surface area contributed by atoms with Gasteiger partial charge in [0, 0.05) is 39.2 Å². The van der Waals surface area contributed by atoms with Crippen LogP contribution in [0.4, 0.5) is 0 Å². The molecule has 0 radical (unpaired) electrons. The number of benzene rings is 3. The molecule has 158 valence electrons. The zero-order chi connectivity index (χ0) is 22.0. The van der Waals surface area contributed by atoms with Crippen LogP contribution in [0.25, 0.3) is 6.08 Å². The first-order valence-corrected chi connectivity index (χ1v) is 10.3. The van der Waals surface area contributed by atoms with Crippen molar-refractivity contribution in [1.29, 1.82) is 0 Å². The Morgan fingerprint density at radius 1 is 1.00 bits per heavy atom. The number of carbonyl (C=O) groups is 1. The second kappa shape index (κ2) is 9.10. The Morgan fingerprint density at radius 3 is 2.42 bits per heavy atom. The molecule has 3 aromatic rings. The van der Waals surface area contributed by atoms with E-state index in [9.17, 15) is 4.79 Å². The molecule has 0 atom stereocenters. The molecule has 0 spiro atoms. The monoisotopic (exact) mass is 476 g/mol. The van der Waals surface area contributed by atoms with Gasteiger partial charge in [-0.1, -0.05) is 46.9 Å². The number of ether oxygens (including phenoxy) is 3. The molecule has 5 nitrogen and oxygen atoms in total. The van der Waals surface area contributed by atoms with Gasteiger partial charge in [0.15, 0.2) is 11.5 Å². The third-order valence-electron chi connectivity index (χ3n) is 4.55. The molecule has 1 aliphatic heterocycles. The highest BCUT2D eigenvalue weighted by Gasteiger charge is 2.19. The van der Waals surface area contributed by atoms with Gasteiger partial charge in [0.25, 0.3) is 0 Å². The molecule has 0 amide bonds. The normalized spacial score (nSPS) is 12.4. The Labute approximate surface area is 193 Å². The number of hydrogen-bond acceptors (Lipinski definition) is 4. The summed E-state index contributed by atoms with van der Waals surface area (Å²) in [4.78, 5) is 10.7. The van der Waals surface area contributed by atoms with Gasteiger partial charge < -0.3 is 19.3 Å². The van der Waals surface area contributed by atoms with Gasteiger partial charge >= 0.3 is 5.97 Å². The number of carboxylic acid groups (broad SMARTS) is 1. The summed E-state index contributed by atoms with van der Waals surface area (Å²) in [5, 5.41) is 10.1. The number of halogens is 3. The molecule has 3 aromatic carbocycles. The average Bonchev–Trinajstić information content (AvgIpc) is 3.17. The molecule has 1 N–H and O–H groups in total. The fraction of sp³-hybridized carbons (Fsp3) is 0.0870. The third kappa shape index (κ3) is 5.07. The van der Waals surface area contributed by atoms with E-state index >= 15 is 0 Å². The largest absolute Gasteiger partial charge is 0.478 e. The maximum atomic E-state index is 10.7. The lowest BCUT2D eigenvalue weighted by molar-refractivity contribution is -0.131. The van der Waals surface area contributed by atoms with Crippen LogP contribution < -0.4 is 14.2 Å². The van der Waals surface area contributed by atoms with Crippen LogP contribution in [0.3, 0.4) is 0 Å². The average molecular weight is 478 g/mol. The SMILES string of the molecule is O=C(O)C=Cc1ccc(Oc2cc(Cl)cc(Cl)c2Cc2cc3c(cc2Cl)OCO3)cc1. The highest BCUT2D eigenvalue weighted by atomic mass is 35.5. The van der Waals surface area contributed by atoms with Gasteiger partial charge in [-0.2, -0.15) is 0 Å². The van der Waals surface area contributed by atoms with Crippen molar-refractivity contribution in [2.45, 2.75) is 6.42 Å². The van der Waals surface area contributed by atoms with Crippen LogP contribution in [-0.4, -0.2) is 17.9 Å². The second-order valence-electron chi connectivity index (χ2n) is 6.68. The zero-order valence-electron chi connectivity index (χ0n) is 15.9. The summed E-state index contributed by atoms with van der Waals surface area (Å²) in [7, 11) is 0. The molecular formula is C23H15Cl3O5. The number of hydrogen-bond donors (Lipinski definition) is 1. The maximum absolute atomic E-state index is 10.7. The lowest BCUT2D eigenvalue weighted by Crippen LogP contribution is -1.97. The van der Waals surface area contributed by atoms with E-state index in [0.29, 0.717) is 50.1 Å². The highest BCUT2D eigenvalue weighted by Crippen LogP contribution is 2.41. The number of aliphatic carboxylic acids is 1. The minimum absolute atomic E-state index is 0.156. The summed E-state index contributed by atoms with van der Waals surface area (Å²) in [6.07, 6.45) is 2.95. The summed E-state index contributed by atoms with van der Waals surface area (Å²) >= 11 is 19.1. The lowest BCUT2D eigenvalue weighted by Gasteiger charge is -2.15. The van der Waals surface area contributed by atoms with Gasteiger partial charge in [-0.25, -0.2) is 4.79 Å². The van der Waals surface area contributed by atoms with Crippen LogP contribution in [0.1, 0.15) is 16.7 Å². The van der Waals surface area contributed by atoms with Crippen molar-refractivity contribution in [3.63, 3.8) is 0 Å². The first-order valence-electron chi connectivity index (χ1n) is 9.14. The quantitative estimate of drug-likeness (QED) is 0.393. The standard InChI is InChI=1S/C23H15Cl3O5/c24-15-9-19(26)17(7-14-8-21-22(11-18(14)25)30-12-29-21)20(10-15)31-16-4-1-13(2-5-16)3-6-23(27)28/h1-6,8-11H,7,12H2,(H,27,28). The minimum atomic E-state index is -1.01. The molecule has 4 rings (SSSR count). The Hall–Kier alpha value is -2.86. The van der Waals surface area contributed by atoms with Crippen molar-refractivity contribution in [2.24, 2.45) is 0 Å². The van der Waals surface area contributed by atoms with E-state index in [1.165, 1.54) is 6.08 Å². The Balaban J connectivity index is 1.63. The molecule has 8 heteroatoms. The number of rotatable bonds is 6. The van der Waals surface area contributed by atoms with Gasteiger partial charge in [0.05, 0.1) is 0 Å². The highest BCUT2D eigenvalue weighted by molar-refractivity contribution is 6.35. The van der Waals surface area contributed by atoms with E-state index in [-0.39, 0.29) is 6.79 Å². The lowest BCUT2D eigenvalue weighted by atomic mass is 10.0. The van der Waals surface area contributed by atoms with Crippen LogP contribution in [-0.2, 0) is 11.2 Å². The number of fused-ring (bicyclic) bond motifs is 1. The van der Waals surface area contributed by atoms with E-state index in [2.05, 4.69) is 0 Å². The summed E-state index contributed by atoms with van der Waals surface area (Å²) in [5.41, 5.74) is 2.24. The van der Waals surface area contributed by atoms with E-state index in [4.69, 9.17) is 54.1 Å². The van der Waals surface area contributed by atoms with Crippen molar-refractivity contribution < 1.29 is 24.1 Å². The molecule has 0 aromatic heterocycles. The van der Waals surface area contributed by atoms with E-state index in [1.54, 1.807) is 42.5 Å². The Kier molecular flexibility index (Phi) is 6.28. The summed E-state index contributed by atoms with van der Waals surface area (Å²) in [5.74, 6) is 1.24. The van der Waals surface area contributed by atoms with Gasteiger partial charge in [0.2, 0.25) is 6.79 Å². The predicted molar refractivity (Wildman–Crippen MR) is 120 cm³/mol. The van der Waals surface area contributed by atoms with Gasteiger partial charge in [-0.3, -0.25) is 0 Å². The number of carboxylic acids is 1. The molecule has 1 aliphatic rings. The maximum Gasteiger partial charge on any atom is 0.328 e. The Bertz CT molecular complexity index is 1170. The molecule has 31 heavy (non-hydrogen) atoms. The van der Waals surface area contributed by atoms with Crippen LogP contribution in [0.2, 0.25) is 15.1 Å². The molecule has 0 aliphatic carbocycles.